The van der Waals surface area contributed by atoms with E-state index in [-0.39, 0.29) is 0 Å². The number of halogens is 1. The first-order chi connectivity index (χ1) is 7.84. The third kappa shape index (κ3) is 2.11. The molecular formula is C14H18ClN. The molecule has 1 saturated carbocycles. The molecule has 86 valence electrons. The van der Waals surface area contributed by atoms with Gasteiger partial charge in [0.05, 0.1) is 0 Å². The summed E-state index contributed by atoms with van der Waals surface area (Å²) in [5.74, 6) is 1.47. The highest BCUT2D eigenvalue weighted by Crippen LogP contribution is 2.44. The number of benzene rings is 1. The van der Waals surface area contributed by atoms with Crippen molar-refractivity contribution in [3.8, 4) is 0 Å². The Morgan fingerprint density at radius 1 is 1.00 bits per heavy atom. The molecule has 1 aliphatic heterocycles. The monoisotopic (exact) mass is 235 g/mol. The van der Waals surface area contributed by atoms with Crippen molar-refractivity contribution >= 4 is 11.6 Å². The molecule has 0 bridgehead atoms. The number of nitrogens with one attached hydrogen (secondary N) is 1. The molecule has 2 aliphatic rings. The summed E-state index contributed by atoms with van der Waals surface area (Å²) in [6.45, 7) is 2.29. The summed E-state index contributed by atoms with van der Waals surface area (Å²) in [4.78, 5) is 0. The number of piperidine rings is 1. The fourth-order valence-corrected chi connectivity index (χ4v) is 3.02. The average molecular weight is 236 g/mol. The summed E-state index contributed by atoms with van der Waals surface area (Å²) < 4.78 is 0. The lowest BCUT2D eigenvalue weighted by Crippen LogP contribution is -2.26. The van der Waals surface area contributed by atoms with Crippen molar-refractivity contribution in [2.75, 3.05) is 13.1 Å². The van der Waals surface area contributed by atoms with Gasteiger partial charge >= 0.3 is 0 Å². The van der Waals surface area contributed by atoms with Gasteiger partial charge < -0.3 is 5.32 Å². The third-order valence-corrected chi connectivity index (χ3v) is 4.18. The van der Waals surface area contributed by atoms with Crippen LogP contribution in [0, 0.1) is 0 Å². The van der Waals surface area contributed by atoms with Gasteiger partial charge in [0.15, 0.2) is 0 Å². The Bertz CT molecular complexity index is 378. The Balaban J connectivity index is 1.81. The summed E-state index contributed by atoms with van der Waals surface area (Å²) >= 11 is 6.37. The highest BCUT2D eigenvalue weighted by Gasteiger charge is 2.26. The predicted octanol–water partition coefficient (Wildman–Crippen LogP) is 3.68. The molecule has 1 aliphatic carbocycles. The first kappa shape index (κ1) is 10.6. The summed E-state index contributed by atoms with van der Waals surface area (Å²) in [7, 11) is 0. The van der Waals surface area contributed by atoms with Gasteiger partial charge in [-0.3, -0.25) is 0 Å². The molecule has 0 unspecified atom stereocenters. The van der Waals surface area contributed by atoms with Crippen LogP contribution in [-0.2, 0) is 0 Å². The van der Waals surface area contributed by atoms with Crippen LogP contribution >= 0.6 is 11.6 Å². The van der Waals surface area contributed by atoms with Crippen LogP contribution in [0.1, 0.15) is 48.6 Å². The minimum Gasteiger partial charge on any atom is -0.317 e. The van der Waals surface area contributed by atoms with Crippen LogP contribution in [0.2, 0.25) is 5.02 Å². The lowest BCUT2D eigenvalue weighted by molar-refractivity contribution is 0.460. The van der Waals surface area contributed by atoms with Gasteiger partial charge in [0, 0.05) is 5.02 Å². The normalized spacial score (nSPS) is 22.3. The predicted molar refractivity (Wildman–Crippen MR) is 68.3 cm³/mol. The zero-order chi connectivity index (χ0) is 11.0. The minimum atomic E-state index is 0.715. The lowest BCUT2D eigenvalue weighted by atomic mass is 9.89. The van der Waals surface area contributed by atoms with Gasteiger partial charge in [0.1, 0.15) is 0 Å². The van der Waals surface area contributed by atoms with Crippen LogP contribution in [0.5, 0.6) is 0 Å². The largest absolute Gasteiger partial charge is 0.317 e. The summed E-state index contributed by atoms with van der Waals surface area (Å²) in [6.07, 6.45) is 5.15. The molecular weight excluding hydrogens is 218 g/mol. The molecule has 1 heterocycles. The molecule has 0 radical (unpaired) electrons. The molecule has 0 amide bonds. The molecule has 0 aromatic heterocycles. The maximum Gasteiger partial charge on any atom is 0.0443 e. The van der Waals surface area contributed by atoms with E-state index >= 15 is 0 Å². The van der Waals surface area contributed by atoms with Gasteiger partial charge in [0.2, 0.25) is 0 Å². The van der Waals surface area contributed by atoms with E-state index in [1.54, 1.807) is 0 Å². The number of hydrogen-bond donors (Lipinski definition) is 1. The summed E-state index contributed by atoms with van der Waals surface area (Å²) in [5.41, 5.74) is 2.82. The van der Waals surface area contributed by atoms with E-state index in [2.05, 4.69) is 23.5 Å². The topological polar surface area (TPSA) is 12.0 Å². The first-order valence-corrected chi connectivity index (χ1v) is 6.72. The van der Waals surface area contributed by atoms with E-state index in [0.717, 1.165) is 24.0 Å². The van der Waals surface area contributed by atoms with Crippen molar-refractivity contribution in [3.63, 3.8) is 0 Å². The van der Waals surface area contributed by atoms with Gasteiger partial charge in [0.25, 0.3) is 0 Å². The van der Waals surface area contributed by atoms with E-state index in [1.165, 1.54) is 36.8 Å². The Labute approximate surface area is 102 Å². The van der Waals surface area contributed by atoms with Gasteiger partial charge in [-0.2, -0.15) is 0 Å². The van der Waals surface area contributed by atoms with E-state index < -0.39 is 0 Å². The van der Waals surface area contributed by atoms with Crippen molar-refractivity contribution in [2.24, 2.45) is 0 Å². The fraction of sp³-hybridized carbons (Fsp3) is 0.571. The third-order valence-electron chi connectivity index (χ3n) is 3.85. The van der Waals surface area contributed by atoms with Crippen LogP contribution < -0.4 is 5.32 Å². The van der Waals surface area contributed by atoms with Crippen LogP contribution in [-0.4, -0.2) is 13.1 Å². The zero-order valence-electron chi connectivity index (χ0n) is 9.51. The second-order valence-electron chi connectivity index (χ2n) is 5.08. The van der Waals surface area contributed by atoms with Crippen molar-refractivity contribution in [1.29, 1.82) is 0 Å². The molecule has 2 heteroatoms. The number of rotatable bonds is 2. The maximum atomic E-state index is 6.37. The van der Waals surface area contributed by atoms with Crippen molar-refractivity contribution in [2.45, 2.75) is 37.5 Å². The molecule has 1 aromatic carbocycles. The van der Waals surface area contributed by atoms with Crippen LogP contribution in [0.15, 0.2) is 18.2 Å². The van der Waals surface area contributed by atoms with Crippen LogP contribution in [0.25, 0.3) is 0 Å². The maximum absolute atomic E-state index is 6.37. The zero-order valence-corrected chi connectivity index (χ0v) is 10.3. The quantitative estimate of drug-likeness (QED) is 0.825. The van der Waals surface area contributed by atoms with E-state index in [1.807, 2.05) is 0 Å². The standard InChI is InChI=1S/C14H18ClN/c15-14-9-12(10-5-7-16-8-6-10)3-4-13(14)11-1-2-11/h3-4,9-11,16H,1-2,5-8H2. The Morgan fingerprint density at radius 2 is 1.75 bits per heavy atom. The Hall–Kier alpha value is -0.530. The molecule has 1 saturated heterocycles. The van der Waals surface area contributed by atoms with Crippen LogP contribution in [0.3, 0.4) is 0 Å². The molecule has 0 atom stereocenters. The van der Waals surface area contributed by atoms with Crippen molar-refractivity contribution in [3.05, 3.63) is 34.3 Å². The van der Waals surface area contributed by atoms with Gasteiger partial charge in [-0.15, -0.1) is 0 Å². The number of hydrogen-bond acceptors (Lipinski definition) is 1. The second-order valence-corrected chi connectivity index (χ2v) is 5.49. The van der Waals surface area contributed by atoms with Crippen molar-refractivity contribution in [1.82, 2.24) is 5.32 Å². The molecule has 16 heavy (non-hydrogen) atoms. The Morgan fingerprint density at radius 3 is 2.38 bits per heavy atom. The molecule has 1 N–H and O–H groups in total. The van der Waals surface area contributed by atoms with Gasteiger partial charge in [-0.25, -0.2) is 0 Å². The van der Waals surface area contributed by atoms with Crippen LogP contribution in [0.4, 0.5) is 0 Å². The minimum absolute atomic E-state index is 0.715. The van der Waals surface area contributed by atoms with Crippen molar-refractivity contribution < 1.29 is 0 Å². The first-order valence-electron chi connectivity index (χ1n) is 6.34. The molecule has 1 nitrogen and oxygen atoms in total. The van der Waals surface area contributed by atoms with Gasteiger partial charge in [-0.05, 0) is 67.8 Å². The average Bonchev–Trinajstić information content (AvgIpc) is 3.14. The SMILES string of the molecule is Clc1cc(C2CCNCC2)ccc1C1CC1. The van der Waals surface area contributed by atoms with E-state index in [9.17, 15) is 0 Å². The summed E-state index contributed by atoms with van der Waals surface area (Å²) in [6, 6.07) is 6.78. The summed E-state index contributed by atoms with van der Waals surface area (Å²) in [5, 5.41) is 4.40. The highest BCUT2D eigenvalue weighted by atomic mass is 35.5. The second kappa shape index (κ2) is 4.38. The molecule has 3 rings (SSSR count). The molecule has 2 fully saturated rings. The van der Waals surface area contributed by atoms with E-state index in [4.69, 9.17) is 11.6 Å². The molecule has 0 spiro atoms. The smallest absolute Gasteiger partial charge is 0.0443 e. The molecule has 1 aromatic rings. The lowest BCUT2D eigenvalue weighted by Gasteiger charge is -2.23. The fourth-order valence-electron chi connectivity index (χ4n) is 2.68. The Kier molecular flexibility index (Phi) is 2.91. The highest BCUT2D eigenvalue weighted by molar-refractivity contribution is 6.31. The van der Waals surface area contributed by atoms with Gasteiger partial charge in [-0.1, -0.05) is 23.7 Å². The van der Waals surface area contributed by atoms with E-state index in [0.29, 0.717) is 5.92 Å².